The minimum absolute atomic E-state index is 0.413. The molecule has 0 fully saturated rings. The fourth-order valence-corrected chi connectivity index (χ4v) is 1.04. The fraction of sp³-hybridized carbons (Fsp3) is 0.200. The summed E-state index contributed by atoms with van der Waals surface area (Å²) < 4.78 is 54.3. The molecule has 0 heterocycles. The zero-order chi connectivity index (χ0) is 13.1. The highest BCUT2D eigenvalue weighted by Gasteiger charge is 2.37. The second-order valence-electron chi connectivity index (χ2n) is 2.94. The molecule has 1 aromatic carbocycles. The number of hydrogen-bond donors (Lipinski definition) is 0. The number of alkyl halides is 3. The van der Waals surface area contributed by atoms with Crippen molar-refractivity contribution in [3.05, 3.63) is 35.6 Å². The smallest absolute Gasteiger partial charge is 0.434 e. The zero-order valence-electron chi connectivity index (χ0n) is 8.58. The van der Waals surface area contributed by atoms with Gasteiger partial charge in [-0.05, 0) is 24.3 Å². The normalized spacial score (nSPS) is 12.4. The van der Waals surface area contributed by atoms with Crippen LogP contribution in [0, 0.1) is 5.82 Å². The molecule has 7 heteroatoms. The van der Waals surface area contributed by atoms with E-state index in [0.29, 0.717) is 0 Å². The Hall–Kier alpha value is -1.92. The van der Waals surface area contributed by atoms with Gasteiger partial charge in [-0.15, -0.1) is 0 Å². The molecule has 0 spiro atoms. The number of carbonyl (C=O) groups excluding carboxylic acids is 1. The molecular formula is C10H7F4NO2. The summed E-state index contributed by atoms with van der Waals surface area (Å²) in [5.74, 6) is -0.687. The molecule has 3 nitrogen and oxygen atoms in total. The Kier molecular flexibility index (Phi) is 3.82. The molecule has 92 valence electrons. The monoisotopic (exact) mass is 249 g/mol. The van der Waals surface area contributed by atoms with Gasteiger partial charge in [-0.3, -0.25) is 0 Å². The molecule has 0 N–H and O–H groups in total. The van der Waals surface area contributed by atoms with E-state index >= 15 is 0 Å². The minimum Gasteiger partial charge on any atom is -0.451 e. The molecule has 0 radical (unpaired) electrons. The molecule has 0 aliphatic heterocycles. The summed E-state index contributed by atoms with van der Waals surface area (Å²) in [5.41, 5.74) is -1.84. The molecule has 0 aliphatic rings. The van der Waals surface area contributed by atoms with Gasteiger partial charge in [0, 0.05) is 5.56 Å². The van der Waals surface area contributed by atoms with Crippen LogP contribution in [0.15, 0.2) is 29.3 Å². The molecule has 0 unspecified atom stereocenters. The fourth-order valence-electron chi connectivity index (χ4n) is 1.04. The number of carbonyl (C=O) groups is 1. The highest BCUT2D eigenvalue weighted by molar-refractivity contribution is 6.08. The van der Waals surface area contributed by atoms with Crippen LogP contribution in [0.5, 0.6) is 0 Å². The van der Waals surface area contributed by atoms with Crippen LogP contribution in [-0.4, -0.2) is 25.1 Å². The molecule has 0 bridgehead atoms. The van der Waals surface area contributed by atoms with Crippen LogP contribution >= 0.6 is 0 Å². The lowest BCUT2D eigenvalue weighted by molar-refractivity contribution is -0.0582. The van der Waals surface area contributed by atoms with Gasteiger partial charge in [-0.25, -0.2) is 9.18 Å². The predicted octanol–water partition coefficient (Wildman–Crippen LogP) is 2.94. The summed E-state index contributed by atoms with van der Waals surface area (Å²) in [6, 6.07) is 3.44. The van der Waals surface area contributed by atoms with Gasteiger partial charge in [0.2, 0.25) is 0 Å². The highest BCUT2D eigenvalue weighted by Crippen LogP contribution is 2.23. The number of ether oxygens (including phenoxy) is 1. The van der Waals surface area contributed by atoms with Crippen LogP contribution in [0.2, 0.25) is 0 Å². The highest BCUT2D eigenvalue weighted by atomic mass is 19.4. The SMILES string of the molecule is COC(=O)N=C(c1ccc(F)cc1)C(F)(F)F. The van der Waals surface area contributed by atoms with E-state index in [0.717, 1.165) is 31.4 Å². The second kappa shape index (κ2) is 4.94. The van der Waals surface area contributed by atoms with Crippen molar-refractivity contribution in [3.8, 4) is 0 Å². The summed E-state index contributed by atoms with van der Waals surface area (Å²) in [6.07, 6.45) is -6.20. The van der Waals surface area contributed by atoms with E-state index in [1.54, 1.807) is 0 Å². The molecule has 0 aromatic heterocycles. The lowest BCUT2D eigenvalue weighted by Crippen LogP contribution is -2.25. The van der Waals surface area contributed by atoms with Gasteiger partial charge in [0.15, 0.2) is 5.71 Å². The maximum absolute atomic E-state index is 12.6. The first kappa shape index (κ1) is 13.1. The molecule has 1 amide bonds. The summed E-state index contributed by atoms with van der Waals surface area (Å²) in [4.78, 5) is 13.5. The van der Waals surface area contributed by atoms with Crippen molar-refractivity contribution in [2.45, 2.75) is 6.18 Å². The molecule has 17 heavy (non-hydrogen) atoms. The third-order valence-corrected chi connectivity index (χ3v) is 1.76. The molecule has 1 rings (SSSR count). The van der Waals surface area contributed by atoms with Crippen LogP contribution in [0.4, 0.5) is 22.4 Å². The first-order chi connectivity index (χ1) is 7.84. The van der Waals surface area contributed by atoms with Crippen molar-refractivity contribution in [2.24, 2.45) is 4.99 Å². The van der Waals surface area contributed by atoms with Crippen molar-refractivity contribution in [2.75, 3.05) is 7.11 Å². The van der Waals surface area contributed by atoms with E-state index in [4.69, 9.17) is 0 Å². The van der Waals surface area contributed by atoms with Crippen LogP contribution in [-0.2, 0) is 4.74 Å². The van der Waals surface area contributed by atoms with Gasteiger partial charge in [-0.1, -0.05) is 0 Å². The molecule has 0 atom stereocenters. The number of methoxy groups -OCH3 is 1. The maximum Gasteiger partial charge on any atom is 0.434 e. The Morgan fingerprint density at radius 3 is 2.18 bits per heavy atom. The number of nitrogens with zero attached hydrogens (tertiary/aromatic N) is 1. The third-order valence-electron chi connectivity index (χ3n) is 1.76. The number of rotatable bonds is 1. The van der Waals surface area contributed by atoms with E-state index in [-0.39, 0.29) is 0 Å². The van der Waals surface area contributed by atoms with Crippen molar-refractivity contribution >= 4 is 11.8 Å². The predicted molar refractivity (Wildman–Crippen MR) is 51.4 cm³/mol. The largest absolute Gasteiger partial charge is 0.451 e. The lowest BCUT2D eigenvalue weighted by Gasteiger charge is -2.09. The van der Waals surface area contributed by atoms with Gasteiger partial charge in [-0.2, -0.15) is 18.2 Å². The molecular weight excluding hydrogens is 242 g/mol. The van der Waals surface area contributed by atoms with E-state index in [1.165, 1.54) is 0 Å². The second-order valence-corrected chi connectivity index (χ2v) is 2.94. The zero-order valence-corrected chi connectivity index (χ0v) is 8.58. The van der Waals surface area contributed by atoms with Crippen molar-refractivity contribution in [1.29, 1.82) is 0 Å². The molecule has 1 aromatic rings. The van der Waals surface area contributed by atoms with Gasteiger partial charge in [0.05, 0.1) is 7.11 Å². The molecule has 0 saturated heterocycles. The first-order valence-electron chi connectivity index (χ1n) is 4.34. The van der Waals surface area contributed by atoms with E-state index < -0.39 is 29.4 Å². The number of amides is 1. The van der Waals surface area contributed by atoms with Crippen LogP contribution in [0.25, 0.3) is 0 Å². The summed E-state index contributed by atoms with van der Waals surface area (Å²) in [7, 11) is 0.907. The molecule has 0 saturated carbocycles. The van der Waals surface area contributed by atoms with Crippen molar-refractivity contribution < 1.29 is 27.1 Å². The quantitative estimate of drug-likeness (QED) is 0.567. The number of aliphatic imine (C=N–C) groups is 1. The first-order valence-corrected chi connectivity index (χ1v) is 4.34. The Bertz CT molecular complexity index is 437. The third kappa shape index (κ3) is 3.54. The van der Waals surface area contributed by atoms with E-state index in [9.17, 15) is 22.4 Å². The Morgan fingerprint density at radius 1 is 1.24 bits per heavy atom. The summed E-state index contributed by atoms with van der Waals surface area (Å²) in [6.45, 7) is 0. The Balaban J connectivity index is 3.21. The van der Waals surface area contributed by atoms with Crippen molar-refractivity contribution in [3.63, 3.8) is 0 Å². The minimum atomic E-state index is -4.83. The van der Waals surface area contributed by atoms with Crippen molar-refractivity contribution in [1.82, 2.24) is 0 Å². The average molecular weight is 249 g/mol. The molecule has 0 aliphatic carbocycles. The number of hydrogen-bond acceptors (Lipinski definition) is 2. The van der Waals surface area contributed by atoms with Gasteiger partial charge >= 0.3 is 12.3 Å². The average Bonchev–Trinajstić information content (AvgIpc) is 2.25. The topological polar surface area (TPSA) is 38.7 Å². The van der Waals surface area contributed by atoms with Gasteiger partial charge < -0.3 is 4.74 Å². The summed E-state index contributed by atoms with van der Waals surface area (Å²) >= 11 is 0. The standard InChI is InChI=1S/C10H7F4NO2/c1-17-9(16)15-8(10(12,13)14)6-2-4-7(11)5-3-6/h2-5H,1H3. The van der Waals surface area contributed by atoms with Crippen LogP contribution in [0.1, 0.15) is 5.56 Å². The number of halogens is 4. The van der Waals surface area contributed by atoms with E-state index in [1.807, 2.05) is 0 Å². The van der Waals surface area contributed by atoms with E-state index in [2.05, 4.69) is 9.73 Å². The van der Waals surface area contributed by atoms with Gasteiger partial charge in [0.1, 0.15) is 5.82 Å². The van der Waals surface area contributed by atoms with Crippen LogP contribution < -0.4 is 0 Å². The Morgan fingerprint density at radius 2 is 1.76 bits per heavy atom. The Labute approximate surface area is 93.7 Å². The summed E-state index contributed by atoms with van der Waals surface area (Å²) in [5, 5.41) is 0. The number of benzene rings is 1. The van der Waals surface area contributed by atoms with Crippen LogP contribution in [0.3, 0.4) is 0 Å². The maximum atomic E-state index is 12.6. The lowest BCUT2D eigenvalue weighted by atomic mass is 10.1. The van der Waals surface area contributed by atoms with Gasteiger partial charge in [0.25, 0.3) is 0 Å².